The number of carbonyl (C=O) groups is 2. The Balaban J connectivity index is 1.50. The van der Waals surface area contributed by atoms with Gasteiger partial charge in [0.1, 0.15) is 0 Å². The summed E-state index contributed by atoms with van der Waals surface area (Å²) in [6.45, 7) is 3.68. The topological polar surface area (TPSA) is 101 Å². The number of hydrogen-bond donors (Lipinski definition) is 2. The molecule has 0 aliphatic heterocycles. The molecule has 174 valence electrons. The van der Waals surface area contributed by atoms with Gasteiger partial charge in [0.15, 0.2) is 5.82 Å². The van der Waals surface area contributed by atoms with Crippen LogP contribution < -0.4 is 10.6 Å². The Kier molecular flexibility index (Phi) is 6.01. The minimum atomic E-state index is -4.54. The molecular weight excluding hydrogens is 449 g/mol. The Hall–Kier alpha value is -4.28. The molecule has 11 heteroatoms. The fraction of sp³-hybridized carbons (Fsp3) is 0.174. The van der Waals surface area contributed by atoms with Gasteiger partial charge in [0.2, 0.25) is 5.91 Å². The standard InChI is InChI=1S/C23H19F3N6O2/c1-13-10-14(2)32-22(27-13)30-19(31-32)12-20(33)29-18-9-4-3-8-17(18)21(34)28-16-7-5-6-15(11-16)23(24,25)26/h3-11H,12H2,1-2H3,(H,28,34)(H,29,33). The van der Waals surface area contributed by atoms with E-state index in [9.17, 15) is 22.8 Å². The van der Waals surface area contributed by atoms with Crippen LogP contribution in [0.1, 0.15) is 33.1 Å². The zero-order valence-corrected chi connectivity index (χ0v) is 18.1. The number of fused-ring (bicyclic) bond motifs is 1. The molecule has 2 amide bonds. The quantitative estimate of drug-likeness (QED) is 0.457. The Labute approximate surface area is 191 Å². The van der Waals surface area contributed by atoms with Crippen molar-refractivity contribution >= 4 is 29.0 Å². The van der Waals surface area contributed by atoms with Crippen molar-refractivity contribution in [3.05, 3.63) is 82.9 Å². The van der Waals surface area contributed by atoms with Crippen molar-refractivity contribution in [1.82, 2.24) is 19.6 Å². The van der Waals surface area contributed by atoms with Crippen molar-refractivity contribution in [2.45, 2.75) is 26.4 Å². The lowest BCUT2D eigenvalue weighted by Crippen LogP contribution is -2.20. The van der Waals surface area contributed by atoms with Crippen molar-refractivity contribution in [1.29, 1.82) is 0 Å². The normalized spacial score (nSPS) is 11.4. The average Bonchev–Trinajstić information content (AvgIpc) is 3.16. The van der Waals surface area contributed by atoms with E-state index in [0.717, 1.165) is 23.5 Å². The number of rotatable bonds is 5. The van der Waals surface area contributed by atoms with Gasteiger partial charge in [-0.1, -0.05) is 18.2 Å². The van der Waals surface area contributed by atoms with Crippen LogP contribution in [0.25, 0.3) is 5.78 Å². The summed E-state index contributed by atoms with van der Waals surface area (Å²) in [6.07, 6.45) is -4.70. The summed E-state index contributed by atoms with van der Waals surface area (Å²) in [7, 11) is 0. The van der Waals surface area contributed by atoms with E-state index in [1.165, 1.54) is 28.8 Å². The predicted molar refractivity (Wildman–Crippen MR) is 118 cm³/mol. The van der Waals surface area contributed by atoms with Crippen LogP contribution in [0.15, 0.2) is 54.6 Å². The molecule has 0 aliphatic rings. The highest BCUT2D eigenvalue weighted by Gasteiger charge is 2.30. The first-order valence-corrected chi connectivity index (χ1v) is 10.2. The molecule has 0 spiro atoms. The van der Waals surface area contributed by atoms with Crippen molar-refractivity contribution in [2.24, 2.45) is 0 Å². The SMILES string of the molecule is Cc1cc(C)n2nc(CC(=O)Nc3ccccc3C(=O)Nc3cccc(C(F)(F)F)c3)nc2n1. The minimum absolute atomic E-state index is 0.0204. The summed E-state index contributed by atoms with van der Waals surface area (Å²) >= 11 is 0. The van der Waals surface area contributed by atoms with Gasteiger partial charge >= 0.3 is 6.18 Å². The largest absolute Gasteiger partial charge is 0.416 e. The number of benzene rings is 2. The number of hydrogen-bond acceptors (Lipinski definition) is 5. The molecule has 0 unspecified atom stereocenters. The molecule has 4 rings (SSSR count). The van der Waals surface area contributed by atoms with Crippen LogP contribution >= 0.6 is 0 Å². The molecule has 8 nitrogen and oxygen atoms in total. The molecule has 0 saturated carbocycles. The molecule has 0 atom stereocenters. The Morgan fingerprint density at radius 2 is 1.74 bits per heavy atom. The van der Waals surface area contributed by atoms with Gasteiger partial charge in [-0.25, -0.2) is 9.50 Å². The van der Waals surface area contributed by atoms with E-state index >= 15 is 0 Å². The summed E-state index contributed by atoms with van der Waals surface area (Å²) in [5.74, 6) is -0.508. The summed E-state index contributed by atoms with van der Waals surface area (Å²) in [4.78, 5) is 33.9. The van der Waals surface area contributed by atoms with E-state index in [-0.39, 0.29) is 29.2 Å². The van der Waals surface area contributed by atoms with E-state index in [1.54, 1.807) is 12.1 Å². The molecule has 0 aliphatic carbocycles. The Morgan fingerprint density at radius 3 is 2.50 bits per heavy atom. The highest BCUT2D eigenvalue weighted by Crippen LogP contribution is 2.31. The molecule has 34 heavy (non-hydrogen) atoms. The van der Waals surface area contributed by atoms with Gasteiger partial charge in [0, 0.05) is 17.1 Å². The van der Waals surface area contributed by atoms with Gasteiger partial charge < -0.3 is 10.6 Å². The highest BCUT2D eigenvalue weighted by molar-refractivity contribution is 6.10. The predicted octanol–water partition coefficient (Wildman–Crippen LogP) is 4.19. The van der Waals surface area contributed by atoms with E-state index in [4.69, 9.17) is 0 Å². The number of para-hydroxylation sites is 1. The second-order valence-corrected chi connectivity index (χ2v) is 7.58. The Morgan fingerprint density at radius 1 is 0.971 bits per heavy atom. The van der Waals surface area contributed by atoms with Crippen LogP contribution in [0, 0.1) is 13.8 Å². The van der Waals surface area contributed by atoms with Crippen LogP contribution in [0.5, 0.6) is 0 Å². The van der Waals surface area contributed by atoms with Gasteiger partial charge in [0.25, 0.3) is 11.7 Å². The average molecular weight is 468 g/mol. The zero-order valence-electron chi connectivity index (χ0n) is 18.1. The van der Waals surface area contributed by atoms with Gasteiger partial charge in [-0.3, -0.25) is 9.59 Å². The third-order valence-electron chi connectivity index (χ3n) is 4.87. The summed E-state index contributed by atoms with van der Waals surface area (Å²) in [6, 6.07) is 12.3. The second kappa shape index (κ2) is 8.93. The maximum absolute atomic E-state index is 12.9. The lowest BCUT2D eigenvalue weighted by Gasteiger charge is -2.12. The number of anilines is 2. The number of amides is 2. The molecule has 0 bridgehead atoms. The van der Waals surface area contributed by atoms with Crippen LogP contribution in [-0.4, -0.2) is 31.4 Å². The van der Waals surface area contributed by atoms with E-state index in [2.05, 4.69) is 25.7 Å². The third-order valence-corrected chi connectivity index (χ3v) is 4.87. The molecule has 2 N–H and O–H groups in total. The van der Waals surface area contributed by atoms with Crippen molar-refractivity contribution in [2.75, 3.05) is 10.6 Å². The highest BCUT2D eigenvalue weighted by atomic mass is 19.4. The van der Waals surface area contributed by atoms with Gasteiger partial charge in [0.05, 0.1) is 23.2 Å². The first-order valence-electron chi connectivity index (χ1n) is 10.2. The number of nitrogens with one attached hydrogen (secondary N) is 2. The molecule has 2 aromatic heterocycles. The summed E-state index contributed by atoms with van der Waals surface area (Å²) < 4.78 is 40.4. The lowest BCUT2D eigenvalue weighted by molar-refractivity contribution is -0.137. The second-order valence-electron chi connectivity index (χ2n) is 7.58. The maximum Gasteiger partial charge on any atom is 0.416 e. The van der Waals surface area contributed by atoms with E-state index in [0.29, 0.717) is 5.78 Å². The molecule has 0 radical (unpaired) electrons. The van der Waals surface area contributed by atoms with Gasteiger partial charge in [-0.15, -0.1) is 5.10 Å². The molecule has 2 heterocycles. The molecule has 0 fully saturated rings. The maximum atomic E-state index is 12.9. The molecule has 4 aromatic rings. The first-order chi connectivity index (χ1) is 16.1. The van der Waals surface area contributed by atoms with E-state index in [1.807, 2.05) is 19.9 Å². The van der Waals surface area contributed by atoms with Crippen LogP contribution in [0.3, 0.4) is 0 Å². The molecule has 0 saturated heterocycles. The monoisotopic (exact) mass is 468 g/mol. The molecular formula is C23H19F3N6O2. The number of alkyl halides is 3. The first kappa shape index (κ1) is 22.9. The molecule has 2 aromatic carbocycles. The van der Waals surface area contributed by atoms with Crippen molar-refractivity contribution in [3.8, 4) is 0 Å². The van der Waals surface area contributed by atoms with Crippen molar-refractivity contribution < 1.29 is 22.8 Å². The van der Waals surface area contributed by atoms with Crippen LogP contribution in [-0.2, 0) is 17.4 Å². The minimum Gasteiger partial charge on any atom is -0.325 e. The fourth-order valence-electron chi connectivity index (χ4n) is 3.38. The number of carbonyl (C=O) groups excluding carboxylic acids is 2. The lowest BCUT2D eigenvalue weighted by atomic mass is 10.1. The number of aromatic nitrogens is 4. The summed E-state index contributed by atoms with van der Waals surface area (Å²) in [5.41, 5.74) is 0.974. The fourth-order valence-corrected chi connectivity index (χ4v) is 3.38. The smallest absolute Gasteiger partial charge is 0.325 e. The van der Waals surface area contributed by atoms with Crippen molar-refractivity contribution in [3.63, 3.8) is 0 Å². The zero-order chi connectivity index (χ0) is 24.5. The van der Waals surface area contributed by atoms with Gasteiger partial charge in [-0.2, -0.15) is 18.2 Å². The van der Waals surface area contributed by atoms with E-state index < -0.39 is 23.6 Å². The van der Waals surface area contributed by atoms with Crippen LogP contribution in [0.4, 0.5) is 24.5 Å². The summed E-state index contributed by atoms with van der Waals surface area (Å²) in [5, 5.41) is 9.37. The van der Waals surface area contributed by atoms with Gasteiger partial charge in [-0.05, 0) is 50.2 Å². The Bertz CT molecular complexity index is 1400. The number of aryl methyl sites for hydroxylation is 2. The number of halogens is 3. The number of nitrogens with zero attached hydrogens (tertiary/aromatic N) is 4. The third kappa shape index (κ3) is 5.03. The van der Waals surface area contributed by atoms with Crippen LogP contribution in [0.2, 0.25) is 0 Å².